The number of aryl methyl sites for hydroxylation is 1. The van der Waals surface area contributed by atoms with Crippen LogP contribution in [0.25, 0.3) is 0 Å². The molecule has 0 N–H and O–H groups in total. The van der Waals surface area contributed by atoms with Gasteiger partial charge in [0.25, 0.3) is 0 Å². The summed E-state index contributed by atoms with van der Waals surface area (Å²) in [7, 11) is 0. The summed E-state index contributed by atoms with van der Waals surface area (Å²) < 4.78 is 27.2. The summed E-state index contributed by atoms with van der Waals surface area (Å²) in [6, 6.07) is 4.18. The summed E-state index contributed by atoms with van der Waals surface area (Å²) in [5.41, 5.74) is 0.178. The summed E-state index contributed by atoms with van der Waals surface area (Å²) >= 11 is 0. The van der Waals surface area contributed by atoms with E-state index < -0.39 is 17.2 Å². The maximum Gasteiger partial charge on any atom is 0.144 e. The number of hydrogen-bond acceptors (Lipinski definition) is 1. The highest BCUT2D eigenvalue weighted by atomic mass is 19.1. The monoisotopic (exact) mass is 317 g/mol. The summed E-state index contributed by atoms with van der Waals surface area (Å²) in [5.74, 6) is -0.130. The largest absolute Gasteiger partial charge is 0.205 e. The second-order valence-corrected chi connectivity index (χ2v) is 6.58. The van der Waals surface area contributed by atoms with E-state index in [9.17, 15) is 8.78 Å². The second-order valence-electron chi connectivity index (χ2n) is 6.58. The van der Waals surface area contributed by atoms with E-state index in [1.807, 2.05) is 0 Å². The molecule has 23 heavy (non-hydrogen) atoms. The van der Waals surface area contributed by atoms with Gasteiger partial charge in [-0.2, -0.15) is 5.26 Å². The lowest BCUT2D eigenvalue weighted by Gasteiger charge is -2.26. The maximum atomic E-state index is 13.6. The summed E-state index contributed by atoms with van der Waals surface area (Å²) in [5, 5.41) is 8.69. The first-order valence-corrected chi connectivity index (χ1v) is 8.68. The van der Waals surface area contributed by atoms with Crippen LogP contribution >= 0.6 is 0 Å². The van der Waals surface area contributed by atoms with Gasteiger partial charge in [0.05, 0.1) is 0 Å². The zero-order valence-corrected chi connectivity index (χ0v) is 13.8. The molecule has 0 radical (unpaired) electrons. The Kier molecular flexibility index (Phi) is 6.77. The van der Waals surface area contributed by atoms with E-state index in [0.717, 1.165) is 12.8 Å². The highest BCUT2D eigenvalue weighted by Gasteiger charge is 2.19. The van der Waals surface area contributed by atoms with E-state index in [1.54, 1.807) is 6.07 Å². The highest BCUT2D eigenvalue weighted by Crippen LogP contribution is 2.32. The molecular weight excluding hydrogens is 292 g/mol. The highest BCUT2D eigenvalue weighted by molar-refractivity contribution is 5.35. The predicted octanol–water partition coefficient (Wildman–Crippen LogP) is 5.93. The third kappa shape index (κ3) is 5.16. The minimum atomic E-state index is -0.743. The Labute approximate surface area is 138 Å². The number of allylic oxidation sites excluding steroid dienone is 2. The van der Waals surface area contributed by atoms with Gasteiger partial charge < -0.3 is 0 Å². The molecule has 2 rings (SSSR count). The van der Waals surface area contributed by atoms with Gasteiger partial charge in [0, 0.05) is 0 Å². The number of halogens is 2. The van der Waals surface area contributed by atoms with Crippen LogP contribution in [0.15, 0.2) is 24.3 Å². The molecule has 0 amide bonds. The number of hydrogen-bond donors (Lipinski definition) is 0. The topological polar surface area (TPSA) is 23.8 Å². The van der Waals surface area contributed by atoms with Crippen LogP contribution in [0.5, 0.6) is 0 Å². The number of nitriles is 1. The molecule has 3 heteroatoms. The molecule has 1 aliphatic carbocycles. The van der Waals surface area contributed by atoms with Crippen molar-refractivity contribution in [3.8, 4) is 6.07 Å². The molecule has 1 nitrogen and oxygen atoms in total. The summed E-state index contributed by atoms with van der Waals surface area (Å²) in [4.78, 5) is 0. The van der Waals surface area contributed by atoms with Crippen molar-refractivity contribution in [1.82, 2.24) is 0 Å². The normalized spacial score (nSPS) is 21.5. The van der Waals surface area contributed by atoms with Gasteiger partial charge in [-0.1, -0.05) is 25.5 Å². The molecule has 1 aromatic rings. The fraction of sp³-hybridized carbons (Fsp3) is 0.550. The summed E-state index contributed by atoms with van der Waals surface area (Å²) in [6.45, 7) is 2.19. The van der Waals surface area contributed by atoms with Crippen molar-refractivity contribution in [3.63, 3.8) is 0 Å². The molecule has 1 aliphatic rings. The molecule has 1 fully saturated rings. The second kappa shape index (κ2) is 8.82. The van der Waals surface area contributed by atoms with E-state index >= 15 is 0 Å². The van der Waals surface area contributed by atoms with E-state index in [1.165, 1.54) is 44.2 Å². The van der Waals surface area contributed by atoms with Crippen molar-refractivity contribution < 1.29 is 8.78 Å². The number of rotatable bonds is 6. The van der Waals surface area contributed by atoms with Gasteiger partial charge >= 0.3 is 0 Å². The standard InChI is InChI=1S/C20H25F2N/c1-2-3-4-5-15-6-8-16(9-7-15)10-11-17-12-19(21)18(14-23)20(22)13-17/h4-5,12-13,15-16H,2-3,6-11H2,1H3/b5-4+. The van der Waals surface area contributed by atoms with Crippen LogP contribution in [0.2, 0.25) is 0 Å². The van der Waals surface area contributed by atoms with Crippen molar-refractivity contribution in [3.05, 3.63) is 47.0 Å². The van der Waals surface area contributed by atoms with Crippen LogP contribution in [-0.4, -0.2) is 0 Å². The molecule has 1 saturated carbocycles. The van der Waals surface area contributed by atoms with Crippen molar-refractivity contribution >= 4 is 0 Å². The van der Waals surface area contributed by atoms with Gasteiger partial charge in [0.15, 0.2) is 0 Å². The van der Waals surface area contributed by atoms with Crippen LogP contribution < -0.4 is 0 Å². The Bertz CT molecular complexity index is 555. The lowest BCUT2D eigenvalue weighted by molar-refractivity contribution is 0.295. The van der Waals surface area contributed by atoms with Crippen LogP contribution in [0.3, 0.4) is 0 Å². The molecule has 0 saturated heterocycles. The molecule has 0 aliphatic heterocycles. The lowest BCUT2D eigenvalue weighted by Crippen LogP contribution is -2.14. The quantitative estimate of drug-likeness (QED) is 0.596. The van der Waals surface area contributed by atoms with Gasteiger partial charge in [0.2, 0.25) is 0 Å². The fourth-order valence-electron chi connectivity index (χ4n) is 3.37. The Balaban J connectivity index is 1.81. The SMILES string of the molecule is CCC/C=C/C1CCC(CCc2cc(F)c(C#N)c(F)c2)CC1. The Hall–Kier alpha value is -1.69. The molecule has 1 aromatic carbocycles. The molecule has 0 unspecified atom stereocenters. The maximum absolute atomic E-state index is 13.6. The van der Waals surface area contributed by atoms with Crippen LogP contribution in [-0.2, 0) is 6.42 Å². The van der Waals surface area contributed by atoms with E-state index in [-0.39, 0.29) is 0 Å². The van der Waals surface area contributed by atoms with Crippen molar-refractivity contribution in [1.29, 1.82) is 5.26 Å². The van der Waals surface area contributed by atoms with Crippen molar-refractivity contribution in [2.45, 2.75) is 58.3 Å². The number of benzene rings is 1. The van der Waals surface area contributed by atoms with Crippen LogP contribution in [0, 0.1) is 34.8 Å². The Morgan fingerprint density at radius 3 is 2.39 bits per heavy atom. The Morgan fingerprint density at radius 2 is 1.83 bits per heavy atom. The minimum Gasteiger partial charge on any atom is -0.205 e. The van der Waals surface area contributed by atoms with Gasteiger partial charge in [-0.05, 0) is 74.5 Å². The Morgan fingerprint density at radius 1 is 1.17 bits per heavy atom. The number of unbranched alkanes of at least 4 members (excludes halogenated alkanes) is 1. The first kappa shape index (κ1) is 17.7. The van der Waals surface area contributed by atoms with Gasteiger partial charge in [-0.3, -0.25) is 0 Å². The van der Waals surface area contributed by atoms with Crippen LogP contribution in [0.1, 0.15) is 63.0 Å². The van der Waals surface area contributed by atoms with Crippen LogP contribution in [0.4, 0.5) is 8.78 Å². The van der Waals surface area contributed by atoms with Gasteiger partial charge in [-0.25, -0.2) is 8.78 Å². The van der Waals surface area contributed by atoms with Crippen molar-refractivity contribution in [2.75, 3.05) is 0 Å². The fourth-order valence-corrected chi connectivity index (χ4v) is 3.37. The molecule has 124 valence electrons. The smallest absolute Gasteiger partial charge is 0.144 e. The van der Waals surface area contributed by atoms with E-state index in [4.69, 9.17) is 5.26 Å². The molecule has 0 heterocycles. The third-order valence-corrected chi connectivity index (χ3v) is 4.81. The average Bonchev–Trinajstić information content (AvgIpc) is 2.54. The molecule has 0 spiro atoms. The average molecular weight is 317 g/mol. The van der Waals surface area contributed by atoms with Crippen molar-refractivity contribution in [2.24, 2.45) is 11.8 Å². The first-order chi connectivity index (χ1) is 11.1. The minimum absolute atomic E-state index is 0.479. The molecule has 0 aromatic heterocycles. The summed E-state index contributed by atoms with van der Waals surface area (Å²) in [6.07, 6.45) is 13.5. The zero-order valence-electron chi connectivity index (χ0n) is 13.8. The predicted molar refractivity (Wildman–Crippen MR) is 88.9 cm³/mol. The van der Waals surface area contributed by atoms with E-state index in [0.29, 0.717) is 23.8 Å². The first-order valence-electron chi connectivity index (χ1n) is 8.68. The zero-order chi connectivity index (χ0) is 16.7. The third-order valence-electron chi connectivity index (χ3n) is 4.81. The molecule has 0 atom stereocenters. The van der Waals surface area contributed by atoms with Gasteiger partial charge in [-0.15, -0.1) is 0 Å². The van der Waals surface area contributed by atoms with Gasteiger partial charge in [0.1, 0.15) is 23.3 Å². The van der Waals surface area contributed by atoms with E-state index in [2.05, 4.69) is 19.1 Å². The number of nitrogens with zero attached hydrogens (tertiary/aromatic N) is 1. The molecule has 0 bridgehead atoms. The lowest BCUT2D eigenvalue weighted by atomic mass is 9.79. The molecular formula is C20H25F2N.